The zero-order valence-corrected chi connectivity index (χ0v) is 19.2. The predicted octanol–water partition coefficient (Wildman–Crippen LogP) is 3.03. The van der Waals surface area contributed by atoms with Crippen molar-refractivity contribution in [1.29, 1.82) is 0 Å². The third-order valence-corrected chi connectivity index (χ3v) is 5.61. The maximum absolute atomic E-state index is 11.9. The lowest BCUT2D eigenvalue weighted by Gasteiger charge is -2.33. The van der Waals surface area contributed by atoms with Gasteiger partial charge in [-0.15, -0.1) is 0 Å². The van der Waals surface area contributed by atoms with Gasteiger partial charge in [0, 0.05) is 56.4 Å². The fourth-order valence-corrected chi connectivity index (χ4v) is 3.77. The molecule has 0 spiro atoms. The average Bonchev–Trinajstić information content (AvgIpc) is 2.68. The molecule has 1 aromatic rings. The summed E-state index contributed by atoms with van der Waals surface area (Å²) in [4.78, 5) is 20.5. The zero-order chi connectivity index (χ0) is 21.2. The Morgan fingerprint density at radius 2 is 2.00 bits per heavy atom. The van der Waals surface area contributed by atoms with Gasteiger partial charge in [-0.2, -0.15) is 0 Å². The number of benzene rings is 1. The minimum atomic E-state index is 0.159. The summed E-state index contributed by atoms with van der Waals surface area (Å²) >= 11 is 12.2. The van der Waals surface area contributed by atoms with Gasteiger partial charge in [0.25, 0.3) is 0 Å². The van der Waals surface area contributed by atoms with Crippen molar-refractivity contribution in [3.05, 3.63) is 33.8 Å². The second kappa shape index (κ2) is 12.3. The summed E-state index contributed by atoms with van der Waals surface area (Å²) in [6.45, 7) is 5.97. The first-order valence-corrected chi connectivity index (χ1v) is 11.1. The van der Waals surface area contributed by atoms with Gasteiger partial charge >= 0.3 is 0 Å². The lowest BCUT2D eigenvalue weighted by atomic mass is 10.1. The van der Waals surface area contributed by atoms with Crippen LogP contribution >= 0.6 is 23.2 Å². The van der Waals surface area contributed by atoms with Gasteiger partial charge in [0.1, 0.15) is 0 Å². The number of aliphatic imine (C=N–C) groups is 1. The van der Waals surface area contributed by atoms with E-state index in [2.05, 4.69) is 22.5 Å². The van der Waals surface area contributed by atoms with E-state index in [4.69, 9.17) is 28.2 Å². The van der Waals surface area contributed by atoms with Crippen LogP contribution in [0.15, 0.2) is 23.2 Å². The number of carbonyl (C=O) groups is 1. The Hall–Kier alpha value is -1.50. The molecular formula is C21H33Cl2N5O. The molecule has 0 radical (unpaired) electrons. The number of carbonyl (C=O) groups excluding carboxylic acids is 1. The van der Waals surface area contributed by atoms with Crippen LogP contribution in [0.2, 0.25) is 10.0 Å². The molecule has 29 heavy (non-hydrogen) atoms. The number of hydrogen-bond donors (Lipinski definition) is 2. The maximum Gasteiger partial charge on any atom is 0.236 e. The van der Waals surface area contributed by atoms with E-state index >= 15 is 0 Å². The molecule has 2 rings (SSSR count). The Balaban J connectivity index is 1.77. The fourth-order valence-electron chi connectivity index (χ4n) is 3.27. The smallest absolute Gasteiger partial charge is 0.236 e. The van der Waals surface area contributed by atoms with Gasteiger partial charge in [-0.1, -0.05) is 29.3 Å². The van der Waals surface area contributed by atoms with Crippen molar-refractivity contribution in [2.24, 2.45) is 4.99 Å². The van der Waals surface area contributed by atoms with E-state index in [1.54, 1.807) is 25.1 Å². The topological polar surface area (TPSA) is 60.0 Å². The maximum atomic E-state index is 11.9. The third kappa shape index (κ3) is 8.41. The molecule has 1 heterocycles. The van der Waals surface area contributed by atoms with Crippen molar-refractivity contribution in [3.8, 4) is 0 Å². The highest BCUT2D eigenvalue weighted by atomic mass is 35.5. The van der Waals surface area contributed by atoms with Gasteiger partial charge in [0.15, 0.2) is 5.96 Å². The van der Waals surface area contributed by atoms with Gasteiger partial charge in [-0.3, -0.25) is 14.7 Å². The van der Waals surface area contributed by atoms with Crippen LogP contribution < -0.4 is 10.6 Å². The molecule has 0 unspecified atom stereocenters. The molecule has 2 N–H and O–H groups in total. The van der Waals surface area contributed by atoms with Crippen LogP contribution in [-0.4, -0.2) is 74.5 Å². The van der Waals surface area contributed by atoms with E-state index in [0.717, 1.165) is 63.4 Å². The number of halogens is 2. The monoisotopic (exact) mass is 441 g/mol. The number of guanidine groups is 1. The molecule has 162 valence electrons. The van der Waals surface area contributed by atoms with E-state index < -0.39 is 0 Å². The predicted molar refractivity (Wildman–Crippen MR) is 122 cm³/mol. The van der Waals surface area contributed by atoms with Crippen molar-refractivity contribution >= 4 is 35.1 Å². The van der Waals surface area contributed by atoms with Crippen molar-refractivity contribution in [3.63, 3.8) is 0 Å². The minimum absolute atomic E-state index is 0.159. The van der Waals surface area contributed by atoms with Gasteiger partial charge in [-0.05, 0) is 50.3 Å². The number of likely N-dealkylation sites (N-methyl/N-ethyl adjacent to an activating group) is 1. The average molecular weight is 442 g/mol. The number of hydrogen-bond acceptors (Lipinski definition) is 3. The molecule has 1 saturated heterocycles. The first-order valence-electron chi connectivity index (χ1n) is 10.3. The van der Waals surface area contributed by atoms with Crippen LogP contribution in [0.3, 0.4) is 0 Å². The molecule has 1 aromatic carbocycles. The molecule has 1 aliphatic heterocycles. The van der Waals surface area contributed by atoms with Gasteiger partial charge < -0.3 is 15.5 Å². The highest BCUT2D eigenvalue weighted by Crippen LogP contribution is 2.22. The Labute approximate surface area is 184 Å². The van der Waals surface area contributed by atoms with Crippen molar-refractivity contribution in [2.45, 2.75) is 38.6 Å². The highest BCUT2D eigenvalue weighted by Gasteiger charge is 2.21. The molecule has 0 atom stereocenters. The largest absolute Gasteiger partial charge is 0.357 e. The minimum Gasteiger partial charge on any atom is -0.357 e. The Morgan fingerprint density at radius 1 is 1.28 bits per heavy atom. The van der Waals surface area contributed by atoms with Crippen molar-refractivity contribution in [1.82, 2.24) is 20.4 Å². The molecular weight excluding hydrogens is 409 g/mol. The highest BCUT2D eigenvalue weighted by molar-refractivity contribution is 6.35. The van der Waals surface area contributed by atoms with Crippen LogP contribution in [0.1, 0.15) is 31.7 Å². The number of rotatable bonds is 8. The summed E-state index contributed by atoms with van der Waals surface area (Å²) in [5, 5.41) is 8.24. The van der Waals surface area contributed by atoms with Gasteiger partial charge in [-0.25, -0.2) is 0 Å². The van der Waals surface area contributed by atoms with Crippen LogP contribution in [0.25, 0.3) is 0 Å². The Morgan fingerprint density at radius 3 is 2.62 bits per heavy atom. The molecule has 1 amide bonds. The van der Waals surface area contributed by atoms with Crippen molar-refractivity contribution < 1.29 is 4.79 Å². The SMILES string of the molecule is CCNC(=NCCCc1ccc(Cl)cc1Cl)NC1CCN(CC(=O)N(C)C)CC1. The van der Waals surface area contributed by atoms with Crippen LogP contribution in [-0.2, 0) is 11.2 Å². The van der Waals surface area contributed by atoms with Crippen molar-refractivity contribution in [2.75, 3.05) is 46.8 Å². The van der Waals surface area contributed by atoms with Gasteiger partial charge in [0.2, 0.25) is 5.91 Å². The molecule has 1 fully saturated rings. The van der Waals surface area contributed by atoms with E-state index in [-0.39, 0.29) is 5.91 Å². The molecule has 1 aliphatic rings. The van der Waals surface area contributed by atoms with E-state index in [9.17, 15) is 4.79 Å². The second-order valence-corrected chi connectivity index (χ2v) is 8.43. The number of piperidine rings is 1. The number of likely N-dealkylation sites (tertiary alicyclic amines) is 1. The molecule has 0 aliphatic carbocycles. The van der Waals surface area contributed by atoms with E-state index in [1.165, 1.54) is 0 Å². The normalized spacial score (nSPS) is 16.0. The fraction of sp³-hybridized carbons (Fsp3) is 0.619. The summed E-state index contributed by atoms with van der Waals surface area (Å²) in [5.41, 5.74) is 1.10. The molecule has 0 saturated carbocycles. The van der Waals surface area contributed by atoms with Crippen LogP contribution in [0, 0.1) is 0 Å². The number of aryl methyl sites for hydroxylation is 1. The molecule has 0 bridgehead atoms. The van der Waals surface area contributed by atoms with Crippen LogP contribution in [0.4, 0.5) is 0 Å². The number of amides is 1. The Bertz CT molecular complexity index is 688. The van der Waals surface area contributed by atoms with Gasteiger partial charge in [0.05, 0.1) is 6.54 Å². The first kappa shape index (κ1) is 23.8. The standard InChI is InChI=1S/C21H33Cl2N5O/c1-4-24-21(25-11-5-6-16-7-8-17(22)14-19(16)23)26-18-9-12-28(13-10-18)15-20(29)27(2)3/h7-8,14,18H,4-6,9-13,15H2,1-3H3,(H2,24,25,26). The number of nitrogens with one attached hydrogen (secondary N) is 2. The number of nitrogens with zero attached hydrogens (tertiary/aromatic N) is 3. The summed E-state index contributed by atoms with van der Waals surface area (Å²) in [6.07, 6.45) is 3.80. The lowest BCUT2D eigenvalue weighted by molar-refractivity contribution is -0.130. The molecule has 8 heteroatoms. The van der Waals surface area contributed by atoms with E-state index in [1.807, 2.05) is 12.1 Å². The van der Waals surface area contributed by atoms with E-state index in [0.29, 0.717) is 22.6 Å². The van der Waals surface area contributed by atoms with Crippen LogP contribution in [0.5, 0.6) is 0 Å². The third-order valence-electron chi connectivity index (χ3n) is 5.02. The lowest BCUT2D eigenvalue weighted by Crippen LogP contribution is -2.50. The zero-order valence-electron chi connectivity index (χ0n) is 17.7. The summed E-state index contributed by atoms with van der Waals surface area (Å²) in [5.74, 6) is 1.02. The summed E-state index contributed by atoms with van der Waals surface area (Å²) in [7, 11) is 3.60. The summed E-state index contributed by atoms with van der Waals surface area (Å²) in [6, 6.07) is 6.01. The Kier molecular flexibility index (Phi) is 10.0. The molecule has 6 nitrogen and oxygen atoms in total. The quantitative estimate of drug-likeness (QED) is 0.369. The second-order valence-electron chi connectivity index (χ2n) is 7.58. The summed E-state index contributed by atoms with van der Waals surface area (Å²) < 4.78 is 0. The first-order chi connectivity index (χ1) is 13.9. The molecule has 0 aromatic heterocycles.